The normalized spacial score (nSPS) is 21.0. The molecule has 8 heteroatoms. The number of aryl methyl sites for hydroxylation is 1. The lowest BCUT2D eigenvalue weighted by atomic mass is 10.1. The summed E-state index contributed by atoms with van der Waals surface area (Å²) >= 11 is 0. The van der Waals surface area contributed by atoms with Crippen LogP contribution in [0, 0.1) is 6.92 Å². The van der Waals surface area contributed by atoms with Gasteiger partial charge in [0.2, 0.25) is 0 Å². The van der Waals surface area contributed by atoms with Crippen LogP contribution in [0.5, 0.6) is 0 Å². The van der Waals surface area contributed by atoms with Crippen LogP contribution in [0.15, 0.2) is 18.2 Å². The highest BCUT2D eigenvalue weighted by molar-refractivity contribution is 5.82. The van der Waals surface area contributed by atoms with E-state index in [1.165, 1.54) is 12.0 Å². The molecule has 1 aromatic rings. The van der Waals surface area contributed by atoms with Gasteiger partial charge in [-0.25, -0.2) is 14.4 Å². The van der Waals surface area contributed by atoms with Crippen molar-refractivity contribution in [3.8, 4) is 0 Å². The van der Waals surface area contributed by atoms with Gasteiger partial charge in [0, 0.05) is 19.5 Å². The van der Waals surface area contributed by atoms with E-state index in [9.17, 15) is 14.4 Å². The number of nitrogens with zero attached hydrogens (tertiary/aromatic N) is 2. The Balaban J connectivity index is 1.65. The zero-order valence-corrected chi connectivity index (χ0v) is 17.6. The summed E-state index contributed by atoms with van der Waals surface area (Å²) in [4.78, 5) is 40.2. The number of carbonyl (C=O) groups excluding carboxylic acids is 3. The molecule has 0 N–H and O–H groups in total. The Morgan fingerprint density at radius 2 is 1.83 bits per heavy atom. The first-order chi connectivity index (χ1) is 13.6. The van der Waals surface area contributed by atoms with Crippen LogP contribution in [-0.2, 0) is 32.1 Å². The molecule has 2 aliphatic rings. The Morgan fingerprint density at radius 3 is 2.45 bits per heavy atom. The number of ether oxygens (including phenoxy) is 3. The lowest BCUT2D eigenvalue weighted by Gasteiger charge is -2.27. The van der Waals surface area contributed by atoms with Gasteiger partial charge in [-0.3, -0.25) is 9.80 Å². The molecule has 2 amide bonds. The lowest BCUT2D eigenvalue weighted by Crippen LogP contribution is -2.44. The number of amides is 2. The standard InChI is InChI=1S/C21H28N2O6/c1-13-7-6-8-14-10-22(12-16(13)14)19(25)28-15-9-17(18(24)27-5)23(11-15)20(26)29-21(2,3)4/h6-8,15,17H,9-12H2,1-5H3/t15-,17+/m1/s1. The number of benzene rings is 1. The molecule has 0 bridgehead atoms. The SMILES string of the molecule is COC(=O)[C@@H]1C[C@@H](OC(=O)N2Cc3cccc(C)c3C2)CN1C(=O)OC(C)(C)C. The number of likely N-dealkylation sites (tertiary alicyclic amines) is 1. The molecule has 1 fully saturated rings. The lowest BCUT2D eigenvalue weighted by molar-refractivity contribution is -0.145. The van der Waals surface area contributed by atoms with Crippen LogP contribution in [0.25, 0.3) is 0 Å². The van der Waals surface area contributed by atoms with Crippen molar-refractivity contribution >= 4 is 18.2 Å². The van der Waals surface area contributed by atoms with Gasteiger partial charge in [0.25, 0.3) is 0 Å². The van der Waals surface area contributed by atoms with E-state index in [1.54, 1.807) is 25.7 Å². The van der Waals surface area contributed by atoms with Crippen molar-refractivity contribution in [1.29, 1.82) is 0 Å². The maximum absolute atomic E-state index is 12.7. The summed E-state index contributed by atoms with van der Waals surface area (Å²) in [7, 11) is 1.26. The summed E-state index contributed by atoms with van der Waals surface area (Å²) in [5, 5.41) is 0. The van der Waals surface area contributed by atoms with Gasteiger partial charge < -0.3 is 14.2 Å². The highest BCUT2D eigenvalue weighted by Crippen LogP contribution is 2.28. The summed E-state index contributed by atoms with van der Waals surface area (Å²) < 4.78 is 15.8. The molecule has 29 heavy (non-hydrogen) atoms. The van der Waals surface area contributed by atoms with E-state index >= 15 is 0 Å². The second-order valence-corrected chi connectivity index (χ2v) is 8.48. The molecule has 2 atom stereocenters. The van der Waals surface area contributed by atoms with Crippen LogP contribution in [0.2, 0.25) is 0 Å². The van der Waals surface area contributed by atoms with Gasteiger partial charge in [-0.05, 0) is 44.4 Å². The second-order valence-electron chi connectivity index (χ2n) is 8.48. The number of hydrogen-bond acceptors (Lipinski definition) is 6. The molecule has 0 spiro atoms. The summed E-state index contributed by atoms with van der Waals surface area (Å²) in [6.45, 7) is 8.32. The summed E-state index contributed by atoms with van der Waals surface area (Å²) in [6, 6.07) is 5.15. The van der Waals surface area contributed by atoms with Crippen LogP contribution >= 0.6 is 0 Å². The summed E-state index contributed by atoms with van der Waals surface area (Å²) in [6.07, 6.45) is -1.52. The number of rotatable bonds is 2. The van der Waals surface area contributed by atoms with Crippen molar-refractivity contribution in [2.24, 2.45) is 0 Å². The molecule has 0 unspecified atom stereocenters. The first-order valence-corrected chi connectivity index (χ1v) is 9.69. The van der Waals surface area contributed by atoms with Gasteiger partial charge >= 0.3 is 18.2 Å². The van der Waals surface area contributed by atoms with E-state index < -0.39 is 35.9 Å². The van der Waals surface area contributed by atoms with Crippen molar-refractivity contribution in [1.82, 2.24) is 9.80 Å². The predicted molar refractivity (Wildman–Crippen MR) is 104 cm³/mol. The van der Waals surface area contributed by atoms with Crippen molar-refractivity contribution in [2.45, 2.75) is 65.0 Å². The maximum atomic E-state index is 12.7. The van der Waals surface area contributed by atoms with Gasteiger partial charge in [-0.15, -0.1) is 0 Å². The van der Waals surface area contributed by atoms with Crippen LogP contribution in [0.4, 0.5) is 9.59 Å². The highest BCUT2D eigenvalue weighted by Gasteiger charge is 2.44. The number of hydrogen-bond donors (Lipinski definition) is 0. The molecule has 2 heterocycles. The molecule has 3 rings (SSSR count). The average molecular weight is 404 g/mol. The average Bonchev–Trinajstić information content (AvgIpc) is 3.25. The third-order valence-electron chi connectivity index (χ3n) is 5.11. The van der Waals surface area contributed by atoms with Crippen molar-refractivity contribution in [2.75, 3.05) is 13.7 Å². The molecular weight excluding hydrogens is 376 g/mol. The molecule has 0 aliphatic carbocycles. The van der Waals surface area contributed by atoms with Crippen molar-refractivity contribution in [3.63, 3.8) is 0 Å². The van der Waals surface area contributed by atoms with E-state index in [2.05, 4.69) is 0 Å². The Hall–Kier alpha value is -2.77. The smallest absolute Gasteiger partial charge is 0.411 e. The molecule has 158 valence electrons. The van der Waals surface area contributed by atoms with E-state index in [1.807, 2.05) is 25.1 Å². The fourth-order valence-corrected chi connectivity index (χ4v) is 3.70. The quantitative estimate of drug-likeness (QED) is 0.556. The number of carbonyl (C=O) groups is 3. The third-order valence-corrected chi connectivity index (χ3v) is 5.11. The van der Waals surface area contributed by atoms with Crippen molar-refractivity contribution < 1.29 is 28.6 Å². The molecule has 0 radical (unpaired) electrons. The molecular formula is C21H28N2O6. The van der Waals surface area contributed by atoms with Gasteiger partial charge in [0.1, 0.15) is 17.7 Å². The second kappa shape index (κ2) is 7.93. The van der Waals surface area contributed by atoms with Crippen LogP contribution in [0.3, 0.4) is 0 Å². The zero-order valence-electron chi connectivity index (χ0n) is 17.6. The van der Waals surface area contributed by atoms with Gasteiger partial charge in [-0.1, -0.05) is 18.2 Å². The maximum Gasteiger partial charge on any atom is 0.411 e. The monoisotopic (exact) mass is 404 g/mol. The van der Waals surface area contributed by atoms with E-state index in [4.69, 9.17) is 14.2 Å². The Kier molecular flexibility index (Phi) is 5.73. The number of fused-ring (bicyclic) bond motifs is 1. The van der Waals surface area contributed by atoms with Crippen LogP contribution in [0.1, 0.15) is 43.9 Å². The van der Waals surface area contributed by atoms with Gasteiger partial charge in [-0.2, -0.15) is 0 Å². The topological polar surface area (TPSA) is 85.4 Å². The van der Waals surface area contributed by atoms with Gasteiger partial charge in [0.15, 0.2) is 0 Å². The fourth-order valence-electron chi connectivity index (χ4n) is 3.70. The van der Waals surface area contributed by atoms with E-state index in [0.717, 1.165) is 16.7 Å². The predicted octanol–water partition coefficient (Wildman–Crippen LogP) is 3.00. The van der Waals surface area contributed by atoms with Gasteiger partial charge in [0.05, 0.1) is 13.7 Å². The molecule has 8 nitrogen and oxygen atoms in total. The Morgan fingerprint density at radius 1 is 1.10 bits per heavy atom. The fraction of sp³-hybridized carbons (Fsp3) is 0.571. The first-order valence-electron chi connectivity index (χ1n) is 9.69. The van der Waals surface area contributed by atoms with Crippen LogP contribution < -0.4 is 0 Å². The number of methoxy groups -OCH3 is 1. The third kappa shape index (κ3) is 4.63. The summed E-state index contributed by atoms with van der Waals surface area (Å²) in [5.41, 5.74) is 2.68. The molecule has 0 saturated carbocycles. The highest BCUT2D eigenvalue weighted by atomic mass is 16.6. The summed E-state index contributed by atoms with van der Waals surface area (Å²) in [5.74, 6) is -0.557. The number of esters is 1. The van der Waals surface area contributed by atoms with E-state index in [0.29, 0.717) is 13.1 Å². The molecule has 0 aromatic heterocycles. The largest absolute Gasteiger partial charge is 0.467 e. The minimum atomic E-state index is -0.842. The molecule has 1 aromatic carbocycles. The molecule has 2 aliphatic heterocycles. The van der Waals surface area contributed by atoms with Crippen LogP contribution in [-0.4, -0.2) is 59.4 Å². The van der Waals surface area contributed by atoms with E-state index in [-0.39, 0.29) is 13.0 Å². The minimum Gasteiger partial charge on any atom is -0.467 e. The Labute approximate surface area is 170 Å². The Bertz CT molecular complexity index is 816. The minimum absolute atomic E-state index is 0.0836. The first kappa shape index (κ1) is 21.0. The van der Waals surface area contributed by atoms with Crippen molar-refractivity contribution in [3.05, 3.63) is 34.9 Å². The zero-order chi connectivity index (χ0) is 21.3. The molecule has 1 saturated heterocycles.